The Morgan fingerprint density at radius 3 is 2.28 bits per heavy atom. The summed E-state index contributed by atoms with van der Waals surface area (Å²) in [7, 11) is -3.86. The predicted molar refractivity (Wildman–Crippen MR) is 57.9 cm³/mol. The van der Waals surface area contributed by atoms with Crippen LogP contribution in [0.4, 0.5) is 5.69 Å². The smallest absolute Gasteiger partial charge is 0.269 e. The lowest BCUT2D eigenvalue weighted by Gasteiger charge is -2.06. The number of nitrogens with zero attached hydrogens (tertiary/aromatic N) is 1. The van der Waals surface area contributed by atoms with E-state index in [1.807, 2.05) is 4.72 Å². The van der Waals surface area contributed by atoms with Crippen molar-refractivity contribution in [3.63, 3.8) is 0 Å². The van der Waals surface area contributed by atoms with Gasteiger partial charge in [0, 0.05) is 31.1 Å². The number of hydrogen-bond donors (Lipinski definition) is 1. The first-order valence-corrected chi connectivity index (χ1v) is 6.25. The largest absolute Gasteiger partial charge is 0.550 e. The lowest BCUT2D eigenvalue weighted by molar-refractivity contribution is -0.384. The van der Waals surface area contributed by atoms with Crippen LogP contribution in [-0.2, 0) is 14.8 Å². The van der Waals surface area contributed by atoms with E-state index in [4.69, 9.17) is 0 Å². The molecule has 0 saturated carbocycles. The number of nitro groups is 1. The average molecular weight is 273 g/mol. The van der Waals surface area contributed by atoms with Gasteiger partial charge in [-0.1, -0.05) is 0 Å². The molecule has 18 heavy (non-hydrogen) atoms. The number of non-ortho nitro benzene ring substituents is 1. The number of sulfonamides is 1. The Morgan fingerprint density at radius 1 is 1.28 bits per heavy atom. The molecule has 0 unspecified atom stereocenters. The summed E-state index contributed by atoms with van der Waals surface area (Å²) in [6, 6.07) is 4.24. The van der Waals surface area contributed by atoms with Crippen molar-refractivity contribution in [3.8, 4) is 0 Å². The van der Waals surface area contributed by atoms with Crippen molar-refractivity contribution < 1.29 is 23.2 Å². The molecule has 0 fully saturated rings. The summed E-state index contributed by atoms with van der Waals surface area (Å²) in [6.07, 6.45) is -0.452. The number of aliphatic carboxylic acids is 1. The van der Waals surface area contributed by atoms with Crippen molar-refractivity contribution in [2.75, 3.05) is 6.54 Å². The van der Waals surface area contributed by atoms with Crippen LogP contribution in [0.3, 0.4) is 0 Å². The topological polar surface area (TPSA) is 129 Å². The van der Waals surface area contributed by atoms with Crippen molar-refractivity contribution in [1.82, 2.24) is 4.72 Å². The quantitative estimate of drug-likeness (QED) is 0.523. The first-order valence-electron chi connectivity index (χ1n) is 4.77. The molecule has 0 amide bonds. The highest BCUT2D eigenvalue weighted by Crippen LogP contribution is 2.15. The molecule has 0 aliphatic carbocycles. The van der Waals surface area contributed by atoms with Gasteiger partial charge < -0.3 is 9.90 Å². The summed E-state index contributed by atoms with van der Waals surface area (Å²) < 4.78 is 25.2. The molecule has 1 N–H and O–H groups in total. The van der Waals surface area contributed by atoms with Gasteiger partial charge in [-0.2, -0.15) is 0 Å². The Morgan fingerprint density at radius 2 is 1.83 bits per heavy atom. The Bertz CT molecular complexity index is 551. The molecule has 0 saturated heterocycles. The van der Waals surface area contributed by atoms with Crippen LogP contribution in [0.15, 0.2) is 29.2 Å². The van der Waals surface area contributed by atoms with Crippen molar-refractivity contribution in [2.45, 2.75) is 11.3 Å². The van der Waals surface area contributed by atoms with Crippen LogP contribution in [0.25, 0.3) is 0 Å². The molecule has 1 aromatic rings. The number of nitrogens with one attached hydrogen (secondary N) is 1. The fraction of sp³-hybridized carbons (Fsp3) is 0.222. The summed E-state index contributed by atoms with van der Waals surface area (Å²) in [5, 5.41) is 20.5. The van der Waals surface area contributed by atoms with E-state index in [-0.39, 0.29) is 17.1 Å². The molecule has 0 aliphatic heterocycles. The van der Waals surface area contributed by atoms with E-state index in [0.717, 1.165) is 24.3 Å². The van der Waals surface area contributed by atoms with E-state index < -0.39 is 27.3 Å². The predicted octanol–water partition coefficient (Wildman–Crippen LogP) is -0.987. The molecular formula is C9H9N2O6S-. The van der Waals surface area contributed by atoms with Gasteiger partial charge in [-0.3, -0.25) is 10.1 Å². The van der Waals surface area contributed by atoms with Gasteiger partial charge in [0.05, 0.1) is 9.82 Å². The highest BCUT2D eigenvalue weighted by atomic mass is 32.2. The second kappa shape index (κ2) is 5.56. The van der Waals surface area contributed by atoms with Crippen LogP contribution in [-0.4, -0.2) is 25.9 Å². The van der Waals surface area contributed by atoms with Gasteiger partial charge in [0.25, 0.3) is 5.69 Å². The van der Waals surface area contributed by atoms with Crippen LogP contribution in [0.5, 0.6) is 0 Å². The number of nitro benzene ring substituents is 1. The van der Waals surface area contributed by atoms with Crippen molar-refractivity contribution in [3.05, 3.63) is 34.4 Å². The molecular weight excluding hydrogens is 264 g/mol. The van der Waals surface area contributed by atoms with E-state index in [0.29, 0.717) is 0 Å². The normalized spacial score (nSPS) is 11.1. The third-order valence-corrected chi connectivity index (χ3v) is 3.46. The number of carbonyl (C=O) groups is 1. The van der Waals surface area contributed by atoms with E-state index in [2.05, 4.69) is 0 Å². The molecule has 0 radical (unpaired) electrons. The summed E-state index contributed by atoms with van der Waals surface area (Å²) in [4.78, 5) is 19.7. The van der Waals surface area contributed by atoms with Crippen molar-refractivity contribution in [2.24, 2.45) is 0 Å². The average Bonchev–Trinajstić information content (AvgIpc) is 2.28. The van der Waals surface area contributed by atoms with E-state index in [9.17, 15) is 28.4 Å². The minimum atomic E-state index is -3.86. The summed E-state index contributed by atoms with van der Waals surface area (Å²) >= 11 is 0. The summed E-state index contributed by atoms with van der Waals surface area (Å²) in [6.45, 7) is -0.304. The number of carboxylic acid groups (broad SMARTS) is 1. The van der Waals surface area contributed by atoms with Crippen LogP contribution in [0.2, 0.25) is 0 Å². The maximum Gasteiger partial charge on any atom is 0.269 e. The van der Waals surface area contributed by atoms with Gasteiger partial charge >= 0.3 is 0 Å². The fourth-order valence-electron chi connectivity index (χ4n) is 1.12. The Kier molecular flexibility index (Phi) is 4.34. The Hall–Kier alpha value is -2.00. The highest BCUT2D eigenvalue weighted by Gasteiger charge is 2.14. The second-order valence-corrected chi connectivity index (χ2v) is 5.04. The van der Waals surface area contributed by atoms with Crippen LogP contribution < -0.4 is 9.83 Å². The number of hydrogen-bond acceptors (Lipinski definition) is 6. The zero-order chi connectivity index (χ0) is 13.8. The second-order valence-electron chi connectivity index (χ2n) is 3.27. The lowest BCUT2D eigenvalue weighted by atomic mass is 10.3. The first kappa shape index (κ1) is 14.1. The van der Waals surface area contributed by atoms with Gasteiger partial charge in [0.1, 0.15) is 0 Å². The van der Waals surface area contributed by atoms with Gasteiger partial charge in [-0.25, -0.2) is 13.1 Å². The minimum absolute atomic E-state index is 0.175. The van der Waals surface area contributed by atoms with E-state index in [1.165, 1.54) is 0 Å². The zero-order valence-electron chi connectivity index (χ0n) is 9.03. The maximum atomic E-state index is 11.6. The van der Waals surface area contributed by atoms with Gasteiger partial charge in [-0.15, -0.1) is 0 Å². The highest BCUT2D eigenvalue weighted by molar-refractivity contribution is 7.89. The zero-order valence-corrected chi connectivity index (χ0v) is 9.85. The fourth-order valence-corrected chi connectivity index (χ4v) is 2.15. The van der Waals surface area contributed by atoms with Crippen LogP contribution in [0, 0.1) is 10.1 Å². The van der Waals surface area contributed by atoms with Crippen molar-refractivity contribution >= 4 is 21.7 Å². The third-order valence-electron chi connectivity index (χ3n) is 1.98. The van der Waals surface area contributed by atoms with Gasteiger partial charge in [0.15, 0.2) is 0 Å². The SMILES string of the molecule is O=C([O-])CCNS(=O)(=O)c1ccc([N+](=O)[O-])cc1. The molecule has 0 bridgehead atoms. The number of carbonyl (C=O) groups excluding carboxylic acids is 1. The molecule has 0 heterocycles. The lowest BCUT2D eigenvalue weighted by Crippen LogP contribution is -2.31. The minimum Gasteiger partial charge on any atom is -0.550 e. The Labute approximate surface area is 102 Å². The van der Waals surface area contributed by atoms with E-state index >= 15 is 0 Å². The molecule has 8 nitrogen and oxygen atoms in total. The molecule has 0 aliphatic rings. The summed E-state index contributed by atoms with van der Waals surface area (Å²) in [5.74, 6) is -1.37. The van der Waals surface area contributed by atoms with Crippen molar-refractivity contribution in [1.29, 1.82) is 0 Å². The Balaban J connectivity index is 2.79. The maximum absolute atomic E-state index is 11.6. The van der Waals surface area contributed by atoms with E-state index in [1.54, 1.807) is 0 Å². The first-order chi connectivity index (χ1) is 8.33. The number of rotatable bonds is 6. The molecule has 98 valence electrons. The molecule has 9 heteroatoms. The standard InChI is InChI=1S/C9H10N2O6S/c12-9(13)5-6-10-18(16,17)8-3-1-7(2-4-8)11(14)15/h1-4,10H,5-6H2,(H,12,13)/p-1. The van der Waals surface area contributed by atoms with Crippen LogP contribution >= 0.6 is 0 Å². The molecule has 1 rings (SSSR count). The monoisotopic (exact) mass is 273 g/mol. The molecule has 1 aromatic carbocycles. The molecule has 0 atom stereocenters. The van der Waals surface area contributed by atoms with Gasteiger partial charge in [0.2, 0.25) is 10.0 Å². The third kappa shape index (κ3) is 3.79. The number of carboxylic acids is 1. The number of benzene rings is 1. The van der Waals surface area contributed by atoms with Gasteiger partial charge in [-0.05, 0) is 12.1 Å². The molecule has 0 spiro atoms. The van der Waals surface area contributed by atoms with Crippen LogP contribution in [0.1, 0.15) is 6.42 Å². The molecule has 0 aromatic heterocycles. The summed E-state index contributed by atoms with van der Waals surface area (Å²) in [5.41, 5.74) is -0.233.